The Hall–Kier alpha value is -2.09. The summed E-state index contributed by atoms with van der Waals surface area (Å²) in [4.78, 5) is 13.5. The molecule has 0 unspecified atom stereocenters. The molecular formula is C19H19ClN4OS2. The molecule has 0 fully saturated rings. The fourth-order valence-electron chi connectivity index (χ4n) is 2.43. The molecule has 3 aromatic rings. The maximum Gasteiger partial charge on any atom is 0.252 e. The van der Waals surface area contributed by atoms with Gasteiger partial charge in [0.15, 0.2) is 0 Å². The lowest BCUT2D eigenvalue weighted by Gasteiger charge is -2.10. The van der Waals surface area contributed by atoms with Crippen molar-refractivity contribution in [3.05, 3.63) is 69.7 Å². The third-order valence-corrected chi connectivity index (χ3v) is 5.98. The summed E-state index contributed by atoms with van der Waals surface area (Å²) in [7, 11) is 0. The van der Waals surface area contributed by atoms with E-state index in [2.05, 4.69) is 15.5 Å². The highest BCUT2D eigenvalue weighted by molar-refractivity contribution is 7.98. The summed E-state index contributed by atoms with van der Waals surface area (Å²) in [6.45, 7) is 0.578. The smallest absolute Gasteiger partial charge is 0.252 e. The zero-order chi connectivity index (χ0) is 19.1. The SMILES string of the molecule is Nc1nnc(CCCNC(=O)c2ccccc2SCc2ccc(Cl)cc2)s1. The first-order valence-corrected chi connectivity index (χ1v) is 10.6. The van der Waals surface area contributed by atoms with Crippen LogP contribution in [0.3, 0.4) is 0 Å². The van der Waals surface area contributed by atoms with Gasteiger partial charge in [0.05, 0.1) is 5.56 Å². The average molecular weight is 419 g/mol. The maximum atomic E-state index is 12.5. The Labute approximate surface area is 171 Å². The lowest BCUT2D eigenvalue weighted by Crippen LogP contribution is -2.25. The second-order valence-corrected chi connectivity index (χ2v) is 8.35. The average Bonchev–Trinajstić information content (AvgIpc) is 3.10. The number of nitrogens with one attached hydrogen (secondary N) is 1. The second kappa shape index (κ2) is 9.73. The van der Waals surface area contributed by atoms with E-state index in [0.29, 0.717) is 17.2 Å². The number of rotatable bonds is 8. The fourth-order valence-corrected chi connectivity index (χ4v) is 4.21. The molecule has 0 saturated carbocycles. The number of benzene rings is 2. The Morgan fingerprint density at radius 3 is 2.67 bits per heavy atom. The van der Waals surface area contributed by atoms with Crippen molar-refractivity contribution in [2.45, 2.75) is 23.5 Å². The van der Waals surface area contributed by atoms with Crippen molar-refractivity contribution in [1.29, 1.82) is 0 Å². The predicted molar refractivity (Wildman–Crippen MR) is 112 cm³/mol. The number of anilines is 1. The number of carbonyl (C=O) groups excluding carboxylic acids is 1. The zero-order valence-corrected chi connectivity index (χ0v) is 16.9. The molecule has 27 heavy (non-hydrogen) atoms. The van der Waals surface area contributed by atoms with Crippen LogP contribution in [0, 0.1) is 0 Å². The molecule has 1 heterocycles. The minimum absolute atomic E-state index is 0.0639. The number of halogens is 1. The van der Waals surface area contributed by atoms with Crippen LogP contribution in [0.2, 0.25) is 5.02 Å². The van der Waals surface area contributed by atoms with Gasteiger partial charge in [-0.15, -0.1) is 22.0 Å². The number of aromatic nitrogens is 2. The summed E-state index contributed by atoms with van der Waals surface area (Å²) >= 11 is 8.94. The Balaban J connectivity index is 1.52. The summed E-state index contributed by atoms with van der Waals surface area (Å²) in [5.74, 6) is 0.714. The first-order chi connectivity index (χ1) is 13.1. The van der Waals surface area contributed by atoms with Gasteiger partial charge in [-0.05, 0) is 36.2 Å². The molecule has 140 valence electrons. The molecule has 5 nitrogen and oxygen atoms in total. The van der Waals surface area contributed by atoms with Crippen LogP contribution in [0.4, 0.5) is 5.13 Å². The number of thioether (sulfide) groups is 1. The van der Waals surface area contributed by atoms with Gasteiger partial charge in [0, 0.05) is 28.6 Å². The van der Waals surface area contributed by atoms with Gasteiger partial charge in [0.2, 0.25) is 5.13 Å². The van der Waals surface area contributed by atoms with E-state index < -0.39 is 0 Å². The molecule has 3 rings (SSSR count). The zero-order valence-electron chi connectivity index (χ0n) is 14.5. The molecule has 1 amide bonds. The lowest BCUT2D eigenvalue weighted by atomic mass is 10.2. The van der Waals surface area contributed by atoms with E-state index in [4.69, 9.17) is 17.3 Å². The molecule has 1 aromatic heterocycles. The third-order valence-electron chi connectivity index (χ3n) is 3.77. The van der Waals surface area contributed by atoms with Crippen LogP contribution >= 0.6 is 34.7 Å². The molecule has 0 bridgehead atoms. The number of nitrogens with two attached hydrogens (primary N) is 1. The summed E-state index contributed by atoms with van der Waals surface area (Å²) in [5, 5.41) is 12.8. The van der Waals surface area contributed by atoms with Crippen LogP contribution in [0.5, 0.6) is 0 Å². The van der Waals surface area contributed by atoms with Crippen LogP contribution in [0.25, 0.3) is 0 Å². The Morgan fingerprint density at radius 1 is 1.15 bits per heavy atom. The molecule has 0 aliphatic carbocycles. The number of nitrogen functional groups attached to an aromatic ring is 1. The van der Waals surface area contributed by atoms with Crippen molar-refractivity contribution in [3.63, 3.8) is 0 Å². The van der Waals surface area contributed by atoms with Crippen molar-refractivity contribution in [2.24, 2.45) is 0 Å². The Morgan fingerprint density at radius 2 is 1.93 bits per heavy atom. The van der Waals surface area contributed by atoms with E-state index in [1.807, 2.05) is 48.5 Å². The van der Waals surface area contributed by atoms with Crippen LogP contribution in [-0.4, -0.2) is 22.6 Å². The van der Waals surface area contributed by atoms with E-state index in [1.54, 1.807) is 11.8 Å². The van der Waals surface area contributed by atoms with Crippen LogP contribution in [0.1, 0.15) is 27.3 Å². The molecule has 0 radical (unpaired) electrons. The summed E-state index contributed by atoms with van der Waals surface area (Å²) in [5.41, 5.74) is 7.42. The number of carbonyl (C=O) groups is 1. The highest BCUT2D eigenvalue weighted by atomic mass is 35.5. The second-order valence-electron chi connectivity index (χ2n) is 5.80. The normalized spacial score (nSPS) is 10.7. The molecule has 0 spiro atoms. The first-order valence-electron chi connectivity index (χ1n) is 8.44. The van der Waals surface area contributed by atoms with Gasteiger partial charge in [-0.25, -0.2) is 0 Å². The first kappa shape index (κ1) is 19.7. The molecule has 8 heteroatoms. The standard InChI is InChI=1S/C19H19ClN4OS2/c20-14-9-7-13(8-10-14)12-26-16-5-2-1-4-15(16)18(25)22-11-3-6-17-23-24-19(21)27-17/h1-2,4-5,7-10H,3,6,11-12H2,(H2,21,24)(H,22,25). The minimum Gasteiger partial charge on any atom is -0.374 e. The highest BCUT2D eigenvalue weighted by Crippen LogP contribution is 2.27. The fraction of sp³-hybridized carbons (Fsp3) is 0.211. The molecule has 0 atom stereocenters. The number of hydrogen-bond donors (Lipinski definition) is 2. The minimum atomic E-state index is -0.0639. The van der Waals surface area contributed by atoms with E-state index >= 15 is 0 Å². The number of hydrogen-bond acceptors (Lipinski definition) is 6. The number of nitrogens with zero attached hydrogens (tertiary/aromatic N) is 2. The molecule has 0 aliphatic heterocycles. The van der Waals surface area contributed by atoms with E-state index in [-0.39, 0.29) is 5.91 Å². The van der Waals surface area contributed by atoms with Gasteiger partial charge < -0.3 is 11.1 Å². The van der Waals surface area contributed by atoms with E-state index in [1.165, 1.54) is 11.3 Å². The van der Waals surface area contributed by atoms with Crippen LogP contribution in [-0.2, 0) is 12.2 Å². The predicted octanol–water partition coefficient (Wildman–Crippen LogP) is 4.43. The van der Waals surface area contributed by atoms with Crippen molar-refractivity contribution in [2.75, 3.05) is 12.3 Å². The summed E-state index contributed by atoms with van der Waals surface area (Å²) in [6, 6.07) is 15.4. The Bertz CT molecular complexity index is 899. The molecule has 2 aromatic carbocycles. The summed E-state index contributed by atoms with van der Waals surface area (Å²) in [6.07, 6.45) is 1.54. The van der Waals surface area contributed by atoms with Gasteiger partial charge in [0.25, 0.3) is 5.91 Å². The Kier molecular flexibility index (Phi) is 7.09. The largest absolute Gasteiger partial charge is 0.374 e. The number of aryl methyl sites for hydroxylation is 1. The van der Waals surface area contributed by atoms with Crippen molar-refractivity contribution < 1.29 is 4.79 Å². The highest BCUT2D eigenvalue weighted by Gasteiger charge is 2.11. The van der Waals surface area contributed by atoms with Crippen LogP contribution in [0.15, 0.2) is 53.4 Å². The molecule has 0 saturated heterocycles. The maximum absolute atomic E-state index is 12.5. The molecule has 3 N–H and O–H groups in total. The molecular weight excluding hydrogens is 400 g/mol. The van der Waals surface area contributed by atoms with Crippen molar-refractivity contribution in [1.82, 2.24) is 15.5 Å². The molecule has 0 aliphatic rings. The number of amides is 1. The lowest BCUT2D eigenvalue weighted by molar-refractivity contribution is 0.0950. The van der Waals surface area contributed by atoms with Gasteiger partial charge in [-0.3, -0.25) is 4.79 Å². The van der Waals surface area contributed by atoms with Crippen molar-refractivity contribution >= 4 is 45.7 Å². The van der Waals surface area contributed by atoms with E-state index in [9.17, 15) is 4.79 Å². The topological polar surface area (TPSA) is 80.9 Å². The van der Waals surface area contributed by atoms with E-state index in [0.717, 1.165) is 39.1 Å². The van der Waals surface area contributed by atoms with Crippen molar-refractivity contribution in [3.8, 4) is 0 Å². The summed E-state index contributed by atoms with van der Waals surface area (Å²) < 4.78 is 0. The quantitative estimate of drug-likeness (QED) is 0.417. The van der Waals surface area contributed by atoms with Crippen LogP contribution < -0.4 is 11.1 Å². The monoisotopic (exact) mass is 418 g/mol. The third kappa shape index (κ3) is 5.95. The van der Waals surface area contributed by atoms with Gasteiger partial charge in [-0.1, -0.05) is 47.2 Å². The van der Waals surface area contributed by atoms with Gasteiger partial charge in [-0.2, -0.15) is 0 Å². The van der Waals surface area contributed by atoms with Gasteiger partial charge >= 0.3 is 0 Å². The van der Waals surface area contributed by atoms with Gasteiger partial charge in [0.1, 0.15) is 5.01 Å².